The number of hydrogen-bond donors (Lipinski definition) is 0. The van der Waals surface area contributed by atoms with E-state index in [1.54, 1.807) is 6.21 Å². The normalized spacial score (nSPS) is 11.7. The van der Waals surface area contributed by atoms with Crippen molar-refractivity contribution in [1.29, 1.82) is 0 Å². The number of rotatable bonds is 2. The molecule has 3 nitrogen and oxygen atoms in total. The van der Waals surface area contributed by atoms with E-state index in [9.17, 15) is 4.79 Å². The van der Waals surface area contributed by atoms with E-state index in [1.165, 1.54) is 0 Å². The van der Waals surface area contributed by atoms with Crippen molar-refractivity contribution in [2.45, 2.75) is 32.8 Å². The maximum Gasteiger partial charge on any atom is 0.433 e. The fourth-order valence-corrected chi connectivity index (χ4v) is 1.13. The molecule has 0 atom stereocenters. The lowest BCUT2D eigenvalue weighted by Gasteiger charge is -2.17. The van der Waals surface area contributed by atoms with Gasteiger partial charge < -0.3 is 4.74 Å². The van der Waals surface area contributed by atoms with Crippen molar-refractivity contribution in [3.63, 3.8) is 0 Å². The summed E-state index contributed by atoms with van der Waals surface area (Å²) in [5.74, 6) is 0. The summed E-state index contributed by atoms with van der Waals surface area (Å²) >= 11 is 0. The Kier molecular flexibility index (Phi) is 4.23. The number of aliphatic imine (C=N–C) groups is 1. The predicted molar refractivity (Wildman–Crippen MR) is 64.9 cm³/mol. The number of carbonyl (C=O) groups excluding carboxylic acids is 1. The summed E-state index contributed by atoms with van der Waals surface area (Å²) in [4.78, 5) is 14.9. The van der Waals surface area contributed by atoms with E-state index in [-0.39, 0.29) is 0 Å². The van der Waals surface area contributed by atoms with Crippen LogP contribution in [0.2, 0.25) is 0 Å². The lowest BCUT2D eigenvalue weighted by Crippen LogP contribution is -2.21. The van der Waals surface area contributed by atoms with E-state index in [0.29, 0.717) is 6.42 Å². The summed E-state index contributed by atoms with van der Waals surface area (Å²) < 4.78 is 5.04. The summed E-state index contributed by atoms with van der Waals surface area (Å²) in [6.45, 7) is 5.45. The minimum absolute atomic E-state index is 0.485. The van der Waals surface area contributed by atoms with Crippen LogP contribution in [0.4, 0.5) is 4.79 Å². The molecule has 1 aromatic carbocycles. The average Bonchev–Trinajstić information content (AvgIpc) is 2.16. The average molecular weight is 219 g/mol. The van der Waals surface area contributed by atoms with Crippen LogP contribution in [0.3, 0.4) is 0 Å². The van der Waals surface area contributed by atoms with Gasteiger partial charge >= 0.3 is 6.09 Å². The van der Waals surface area contributed by atoms with Crippen LogP contribution in [-0.4, -0.2) is 17.9 Å². The van der Waals surface area contributed by atoms with E-state index in [2.05, 4.69) is 4.99 Å². The molecular formula is C13H17NO2. The van der Waals surface area contributed by atoms with Gasteiger partial charge in [0.1, 0.15) is 5.60 Å². The summed E-state index contributed by atoms with van der Waals surface area (Å²) in [5.41, 5.74) is 0.635. The first-order valence-corrected chi connectivity index (χ1v) is 5.27. The van der Waals surface area contributed by atoms with Crippen molar-refractivity contribution < 1.29 is 9.53 Å². The van der Waals surface area contributed by atoms with Crippen molar-refractivity contribution in [3.05, 3.63) is 35.9 Å². The molecule has 1 amide bonds. The van der Waals surface area contributed by atoms with Gasteiger partial charge in [-0.2, -0.15) is 4.99 Å². The van der Waals surface area contributed by atoms with E-state index in [4.69, 9.17) is 4.74 Å². The van der Waals surface area contributed by atoms with E-state index in [0.717, 1.165) is 5.56 Å². The third kappa shape index (κ3) is 5.29. The number of hydrogen-bond acceptors (Lipinski definition) is 2. The zero-order valence-corrected chi connectivity index (χ0v) is 9.93. The van der Waals surface area contributed by atoms with Gasteiger partial charge in [-0.05, 0) is 26.3 Å². The summed E-state index contributed by atoms with van der Waals surface area (Å²) in [6, 6.07) is 9.84. The zero-order valence-electron chi connectivity index (χ0n) is 9.93. The summed E-state index contributed by atoms with van der Waals surface area (Å²) in [6.07, 6.45) is 1.67. The van der Waals surface area contributed by atoms with Crippen molar-refractivity contribution in [2.75, 3.05) is 0 Å². The van der Waals surface area contributed by atoms with Crippen molar-refractivity contribution in [2.24, 2.45) is 4.99 Å². The molecule has 86 valence electrons. The highest BCUT2D eigenvalue weighted by Crippen LogP contribution is 2.07. The second-order valence-electron chi connectivity index (χ2n) is 4.48. The number of benzene rings is 1. The number of nitrogens with zero attached hydrogens (tertiary/aromatic N) is 1. The standard InChI is InChI=1S/C13H17NO2/c1-13(2,3)16-12(15)14-10-9-11-7-5-4-6-8-11/h4-8,10H,9H2,1-3H3/b14-10+. The molecule has 0 heterocycles. The molecule has 0 aliphatic rings. The molecule has 0 saturated heterocycles. The van der Waals surface area contributed by atoms with Crippen LogP contribution in [0.15, 0.2) is 35.3 Å². The van der Waals surface area contributed by atoms with Crippen molar-refractivity contribution in [3.8, 4) is 0 Å². The Morgan fingerprint density at radius 3 is 2.50 bits per heavy atom. The van der Waals surface area contributed by atoms with Gasteiger partial charge in [-0.1, -0.05) is 30.3 Å². The smallest absolute Gasteiger partial charge is 0.433 e. The first-order valence-electron chi connectivity index (χ1n) is 5.27. The largest absolute Gasteiger partial charge is 0.442 e. The first-order chi connectivity index (χ1) is 7.47. The fourth-order valence-electron chi connectivity index (χ4n) is 1.13. The number of amides is 1. The van der Waals surface area contributed by atoms with Crippen molar-refractivity contribution >= 4 is 12.3 Å². The molecular weight excluding hydrogens is 202 g/mol. The minimum atomic E-state index is -0.538. The maximum atomic E-state index is 11.2. The molecule has 0 spiro atoms. The van der Waals surface area contributed by atoms with E-state index >= 15 is 0 Å². The Morgan fingerprint density at radius 2 is 1.94 bits per heavy atom. The van der Waals surface area contributed by atoms with Gasteiger partial charge in [0.05, 0.1) is 0 Å². The van der Waals surface area contributed by atoms with Gasteiger partial charge in [-0.3, -0.25) is 0 Å². The fraction of sp³-hybridized carbons (Fsp3) is 0.385. The number of ether oxygens (including phenoxy) is 1. The lowest BCUT2D eigenvalue weighted by molar-refractivity contribution is 0.0605. The zero-order chi connectivity index (χ0) is 12.0. The molecule has 0 bridgehead atoms. The van der Waals surface area contributed by atoms with Gasteiger partial charge in [0.15, 0.2) is 0 Å². The third-order valence-corrected chi connectivity index (χ3v) is 1.76. The maximum absolute atomic E-state index is 11.2. The van der Waals surface area contributed by atoms with Gasteiger partial charge in [-0.25, -0.2) is 4.79 Å². The van der Waals surface area contributed by atoms with Crippen molar-refractivity contribution in [1.82, 2.24) is 0 Å². The molecule has 0 aliphatic heterocycles. The van der Waals surface area contributed by atoms with Crippen LogP contribution in [0, 0.1) is 0 Å². The Labute approximate surface area is 96.2 Å². The van der Waals surface area contributed by atoms with Crippen LogP contribution in [0.1, 0.15) is 26.3 Å². The highest BCUT2D eigenvalue weighted by Gasteiger charge is 2.14. The highest BCUT2D eigenvalue weighted by atomic mass is 16.6. The molecule has 0 unspecified atom stereocenters. The van der Waals surface area contributed by atoms with Gasteiger partial charge in [0, 0.05) is 12.6 Å². The molecule has 1 rings (SSSR count). The predicted octanol–water partition coefficient (Wildman–Crippen LogP) is 3.24. The Hall–Kier alpha value is -1.64. The summed E-state index contributed by atoms with van der Waals surface area (Å²) in [5, 5.41) is 0. The second kappa shape index (κ2) is 5.45. The summed E-state index contributed by atoms with van der Waals surface area (Å²) in [7, 11) is 0. The van der Waals surface area contributed by atoms with E-state index in [1.807, 2.05) is 51.1 Å². The van der Waals surface area contributed by atoms with Gasteiger partial charge in [-0.15, -0.1) is 0 Å². The van der Waals surface area contributed by atoms with Crippen LogP contribution in [-0.2, 0) is 11.2 Å². The van der Waals surface area contributed by atoms with Crippen LogP contribution < -0.4 is 0 Å². The lowest BCUT2D eigenvalue weighted by atomic mass is 10.2. The Morgan fingerprint density at radius 1 is 1.31 bits per heavy atom. The molecule has 0 saturated carbocycles. The van der Waals surface area contributed by atoms with Gasteiger partial charge in [0.25, 0.3) is 0 Å². The molecule has 0 N–H and O–H groups in total. The molecule has 0 radical (unpaired) electrons. The quantitative estimate of drug-likeness (QED) is 0.716. The SMILES string of the molecule is CC(C)(C)OC(=O)/N=C/Cc1ccccc1. The Bertz CT molecular complexity index is 363. The van der Waals surface area contributed by atoms with Gasteiger partial charge in [0.2, 0.25) is 0 Å². The first kappa shape index (κ1) is 12.4. The molecule has 3 heteroatoms. The molecule has 16 heavy (non-hydrogen) atoms. The van der Waals surface area contributed by atoms with Crippen LogP contribution >= 0.6 is 0 Å². The third-order valence-electron chi connectivity index (χ3n) is 1.76. The van der Waals surface area contributed by atoms with Crippen LogP contribution in [0.5, 0.6) is 0 Å². The monoisotopic (exact) mass is 219 g/mol. The molecule has 0 aromatic heterocycles. The highest BCUT2D eigenvalue weighted by molar-refractivity contribution is 5.80. The molecule has 1 aromatic rings. The molecule has 0 aliphatic carbocycles. The molecule has 0 fully saturated rings. The van der Waals surface area contributed by atoms with Crippen LogP contribution in [0.25, 0.3) is 0 Å². The second-order valence-corrected chi connectivity index (χ2v) is 4.48. The minimum Gasteiger partial charge on any atom is -0.442 e. The Balaban J connectivity index is 2.41. The number of carbonyl (C=O) groups is 1. The van der Waals surface area contributed by atoms with E-state index < -0.39 is 11.7 Å². The topological polar surface area (TPSA) is 38.7 Å².